The molecule has 0 bridgehead atoms. The molecule has 0 saturated carbocycles. The van der Waals surface area contributed by atoms with Crippen LogP contribution in [0.15, 0.2) is 10.9 Å². The molecule has 6 heteroatoms. The second-order valence-electron chi connectivity index (χ2n) is 5.37. The van der Waals surface area contributed by atoms with Gasteiger partial charge in [-0.2, -0.15) is 0 Å². The summed E-state index contributed by atoms with van der Waals surface area (Å²) < 4.78 is 0. The summed E-state index contributed by atoms with van der Waals surface area (Å²) in [6, 6.07) is 1.43. The van der Waals surface area contributed by atoms with Gasteiger partial charge in [0.1, 0.15) is 11.6 Å². The molecule has 0 spiro atoms. The molecule has 1 unspecified atom stereocenters. The number of aromatic nitrogens is 2. The van der Waals surface area contributed by atoms with Crippen LogP contribution in [0.1, 0.15) is 38.9 Å². The van der Waals surface area contributed by atoms with Gasteiger partial charge in [-0.15, -0.1) is 0 Å². The van der Waals surface area contributed by atoms with Crippen molar-refractivity contribution in [3.63, 3.8) is 0 Å². The molecule has 0 aliphatic rings. The smallest absolute Gasteiger partial charge is 0.303 e. The topological polar surface area (TPSA) is 95.1 Å². The number of aliphatic carboxylic acids is 1. The van der Waals surface area contributed by atoms with Gasteiger partial charge in [-0.3, -0.25) is 9.59 Å². The van der Waals surface area contributed by atoms with Crippen molar-refractivity contribution in [2.75, 3.05) is 11.9 Å². The molecular weight excluding hydrogens is 258 g/mol. The summed E-state index contributed by atoms with van der Waals surface area (Å²) in [6.45, 7) is 6.61. The maximum Gasteiger partial charge on any atom is 0.303 e. The first-order valence-electron chi connectivity index (χ1n) is 6.92. The molecule has 0 fully saturated rings. The maximum atomic E-state index is 11.3. The number of nitrogens with one attached hydrogen (secondary N) is 2. The molecule has 6 nitrogen and oxygen atoms in total. The first kappa shape index (κ1) is 16.2. The number of aryl methyl sites for hydroxylation is 1. The van der Waals surface area contributed by atoms with Crippen molar-refractivity contribution in [1.82, 2.24) is 9.97 Å². The normalized spacial score (nSPS) is 12.4. The SMILES string of the molecule is Cc1nc(NCCC(CCC(=O)O)C(C)C)cc(=O)[nH]1. The third kappa shape index (κ3) is 5.86. The van der Waals surface area contributed by atoms with Gasteiger partial charge in [0.25, 0.3) is 5.56 Å². The second kappa shape index (κ2) is 7.67. The van der Waals surface area contributed by atoms with Crippen molar-refractivity contribution < 1.29 is 9.90 Å². The van der Waals surface area contributed by atoms with Crippen LogP contribution in [0.4, 0.5) is 5.82 Å². The lowest BCUT2D eigenvalue weighted by Crippen LogP contribution is -2.17. The molecule has 1 atom stereocenters. The Hall–Kier alpha value is -1.85. The lowest BCUT2D eigenvalue weighted by molar-refractivity contribution is -0.137. The quantitative estimate of drug-likeness (QED) is 0.677. The molecule has 0 aromatic carbocycles. The molecular formula is C14H23N3O3. The molecule has 0 aliphatic heterocycles. The fourth-order valence-electron chi connectivity index (χ4n) is 2.18. The van der Waals surface area contributed by atoms with Gasteiger partial charge in [0, 0.05) is 19.0 Å². The largest absolute Gasteiger partial charge is 0.481 e. The van der Waals surface area contributed by atoms with Crippen LogP contribution in [-0.2, 0) is 4.79 Å². The predicted molar refractivity (Wildman–Crippen MR) is 77.9 cm³/mol. The average molecular weight is 281 g/mol. The van der Waals surface area contributed by atoms with Crippen molar-refractivity contribution in [3.05, 3.63) is 22.2 Å². The molecule has 0 radical (unpaired) electrons. The van der Waals surface area contributed by atoms with E-state index in [0.717, 1.165) is 6.42 Å². The summed E-state index contributed by atoms with van der Waals surface area (Å²) in [5.74, 6) is 1.17. The van der Waals surface area contributed by atoms with E-state index in [2.05, 4.69) is 29.1 Å². The minimum absolute atomic E-state index is 0.175. The van der Waals surface area contributed by atoms with E-state index in [1.54, 1.807) is 6.92 Å². The molecule has 0 aliphatic carbocycles. The van der Waals surface area contributed by atoms with Crippen molar-refractivity contribution in [1.29, 1.82) is 0 Å². The lowest BCUT2D eigenvalue weighted by Gasteiger charge is -2.20. The third-order valence-electron chi connectivity index (χ3n) is 3.35. The van der Waals surface area contributed by atoms with E-state index >= 15 is 0 Å². The Morgan fingerprint density at radius 3 is 2.70 bits per heavy atom. The number of H-pyrrole nitrogens is 1. The predicted octanol–water partition coefficient (Wildman–Crippen LogP) is 2.02. The van der Waals surface area contributed by atoms with Crippen LogP contribution in [0.25, 0.3) is 0 Å². The zero-order valence-electron chi connectivity index (χ0n) is 12.3. The molecule has 112 valence electrons. The number of carboxylic acids is 1. The van der Waals surface area contributed by atoms with Gasteiger partial charge in [-0.05, 0) is 31.6 Å². The van der Waals surface area contributed by atoms with E-state index in [1.807, 2.05) is 0 Å². The van der Waals surface area contributed by atoms with Gasteiger partial charge in [0.15, 0.2) is 0 Å². The van der Waals surface area contributed by atoms with Crippen LogP contribution in [0, 0.1) is 18.8 Å². The highest BCUT2D eigenvalue weighted by atomic mass is 16.4. The number of hydrogen-bond donors (Lipinski definition) is 3. The lowest BCUT2D eigenvalue weighted by atomic mass is 9.88. The highest BCUT2D eigenvalue weighted by Gasteiger charge is 2.14. The van der Waals surface area contributed by atoms with Crippen LogP contribution in [-0.4, -0.2) is 27.6 Å². The summed E-state index contributed by atoms with van der Waals surface area (Å²) in [7, 11) is 0. The number of nitrogens with zero attached hydrogens (tertiary/aromatic N) is 1. The zero-order chi connectivity index (χ0) is 15.1. The number of aromatic amines is 1. The van der Waals surface area contributed by atoms with Crippen molar-refractivity contribution in [2.45, 2.75) is 40.0 Å². The minimum atomic E-state index is -0.754. The summed E-state index contributed by atoms with van der Waals surface area (Å²) in [5.41, 5.74) is -0.175. The van der Waals surface area contributed by atoms with E-state index in [9.17, 15) is 9.59 Å². The van der Waals surface area contributed by atoms with Gasteiger partial charge in [0.2, 0.25) is 0 Å². The number of hydrogen-bond acceptors (Lipinski definition) is 4. The average Bonchev–Trinajstić information content (AvgIpc) is 2.31. The molecule has 1 rings (SSSR count). The Labute approximate surface area is 118 Å². The Morgan fingerprint density at radius 2 is 2.15 bits per heavy atom. The second-order valence-corrected chi connectivity index (χ2v) is 5.37. The Kier molecular flexibility index (Phi) is 6.21. The summed E-state index contributed by atoms with van der Waals surface area (Å²) in [6.07, 6.45) is 1.74. The zero-order valence-corrected chi connectivity index (χ0v) is 12.3. The molecule has 0 amide bonds. The Bertz CT molecular complexity index is 497. The van der Waals surface area contributed by atoms with Crippen molar-refractivity contribution in [2.24, 2.45) is 11.8 Å². The van der Waals surface area contributed by atoms with Crippen molar-refractivity contribution >= 4 is 11.8 Å². The van der Waals surface area contributed by atoms with E-state index in [-0.39, 0.29) is 12.0 Å². The van der Waals surface area contributed by atoms with Gasteiger partial charge in [-0.25, -0.2) is 4.98 Å². The number of carboxylic acid groups (broad SMARTS) is 1. The number of rotatable bonds is 8. The van der Waals surface area contributed by atoms with E-state index in [1.165, 1.54) is 6.07 Å². The highest BCUT2D eigenvalue weighted by Crippen LogP contribution is 2.21. The van der Waals surface area contributed by atoms with Gasteiger partial charge in [0.05, 0.1) is 0 Å². The maximum absolute atomic E-state index is 11.3. The first-order chi connectivity index (χ1) is 9.38. The standard InChI is InChI=1S/C14H23N3O3/c1-9(2)11(4-5-14(19)20)6-7-15-12-8-13(18)17-10(3)16-12/h8-9,11H,4-7H2,1-3H3,(H,19,20)(H2,15,16,17,18). The van der Waals surface area contributed by atoms with E-state index in [4.69, 9.17) is 5.11 Å². The van der Waals surface area contributed by atoms with Gasteiger partial charge in [-0.1, -0.05) is 13.8 Å². The fraction of sp³-hybridized carbons (Fsp3) is 0.643. The van der Waals surface area contributed by atoms with Crippen LogP contribution < -0.4 is 10.9 Å². The van der Waals surface area contributed by atoms with Gasteiger partial charge >= 0.3 is 5.97 Å². The summed E-state index contributed by atoms with van der Waals surface area (Å²) >= 11 is 0. The Balaban J connectivity index is 2.47. The number of anilines is 1. The van der Waals surface area contributed by atoms with Gasteiger partial charge < -0.3 is 15.4 Å². The first-order valence-corrected chi connectivity index (χ1v) is 6.92. The van der Waals surface area contributed by atoms with Crippen LogP contribution >= 0.6 is 0 Å². The van der Waals surface area contributed by atoms with Crippen LogP contribution in [0.5, 0.6) is 0 Å². The molecule has 1 aromatic rings. The fourth-order valence-corrected chi connectivity index (χ4v) is 2.18. The van der Waals surface area contributed by atoms with Crippen LogP contribution in [0.3, 0.4) is 0 Å². The molecule has 1 heterocycles. The van der Waals surface area contributed by atoms with Crippen molar-refractivity contribution in [3.8, 4) is 0 Å². The molecule has 3 N–H and O–H groups in total. The third-order valence-corrected chi connectivity index (χ3v) is 3.35. The summed E-state index contributed by atoms with van der Waals surface area (Å²) in [4.78, 5) is 28.7. The Morgan fingerprint density at radius 1 is 1.45 bits per heavy atom. The van der Waals surface area contributed by atoms with E-state index in [0.29, 0.717) is 36.4 Å². The molecule has 20 heavy (non-hydrogen) atoms. The van der Waals surface area contributed by atoms with Crippen LogP contribution in [0.2, 0.25) is 0 Å². The van der Waals surface area contributed by atoms with E-state index < -0.39 is 5.97 Å². The highest BCUT2D eigenvalue weighted by molar-refractivity contribution is 5.66. The summed E-state index contributed by atoms with van der Waals surface area (Å²) in [5, 5.41) is 11.9. The molecule has 0 saturated heterocycles. The monoisotopic (exact) mass is 281 g/mol. The minimum Gasteiger partial charge on any atom is -0.481 e. The molecule has 1 aromatic heterocycles. The number of carbonyl (C=O) groups is 1.